The summed E-state index contributed by atoms with van der Waals surface area (Å²) in [5, 5.41) is 2.52. The molecular formula is C11H13NO3Si. The van der Waals surface area contributed by atoms with Crippen molar-refractivity contribution in [2.45, 2.75) is 19.6 Å². The number of hydrogen-bond acceptors (Lipinski definition) is 3. The number of hydrogen-bond donors (Lipinski definition) is 1. The van der Waals surface area contributed by atoms with Gasteiger partial charge >= 0.3 is 0 Å². The molecule has 84 valence electrons. The SMILES string of the molecule is C[Si](C)(C)Oc1ccc2c(c1)NC(=O)C2=O. The fourth-order valence-electron chi connectivity index (χ4n) is 1.54. The van der Waals surface area contributed by atoms with Crippen molar-refractivity contribution in [3.05, 3.63) is 23.8 Å². The Balaban J connectivity index is 2.32. The van der Waals surface area contributed by atoms with Crippen molar-refractivity contribution in [2.75, 3.05) is 5.32 Å². The van der Waals surface area contributed by atoms with Crippen LogP contribution < -0.4 is 9.74 Å². The number of nitrogens with one attached hydrogen (secondary N) is 1. The van der Waals surface area contributed by atoms with Gasteiger partial charge in [-0.05, 0) is 31.8 Å². The van der Waals surface area contributed by atoms with Crippen LogP contribution in [0.2, 0.25) is 19.6 Å². The lowest BCUT2D eigenvalue weighted by molar-refractivity contribution is -0.112. The van der Waals surface area contributed by atoms with Gasteiger partial charge in [0.25, 0.3) is 11.7 Å². The maximum absolute atomic E-state index is 11.3. The van der Waals surface area contributed by atoms with Crippen molar-refractivity contribution < 1.29 is 14.0 Å². The summed E-state index contributed by atoms with van der Waals surface area (Å²) in [5.41, 5.74) is 0.971. The van der Waals surface area contributed by atoms with Crippen LogP contribution in [0.5, 0.6) is 5.75 Å². The third-order valence-electron chi connectivity index (χ3n) is 2.11. The van der Waals surface area contributed by atoms with Gasteiger partial charge in [-0.25, -0.2) is 0 Å². The molecule has 0 bridgehead atoms. The number of carbonyl (C=O) groups excluding carboxylic acids is 2. The molecule has 0 saturated carbocycles. The summed E-state index contributed by atoms with van der Waals surface area (Å²) in [6.07, 6.45) is 0. The summed E-state index contributed by atoms with van der Waals surface area (Å²) in [6, 6.07) is 5.07. The molecule has 0 atom stereocenters. The number of anilines is 1. The predicted molar refractivity (Wildman–Crippen MR) is 63.4 cm³/mol. The predicted octanol–water partition coefficient (Wildman–Crippen LogP) is 2.04. The monoisotopic (exact) mass is 235 g/mol. The Kier molecular flexibility index (Phi) is 2.34. The van der Waals surface area contributed by atoms with Crippen molar-refractivity contribution in [1.82, 2.24) is 0 Å². The minimum atomic E-state index is -1.66. The highest BCUT2D eigenvalue weighted by atomic mass is 28.4. The van der Waals surface area contributed by atoms with E-state index >= 15 is 0 Å². The normalized spacial score (nSPS) is 14.7. The minimum Gasteiger partial charge on any atom is -0.544 e. The molecular weight excluding hydrogens is 222 g/mol. The zero-order chi connectivity index (χ0) is 11.9. The average Bonchev–Trinajstić information content (AvgIpc) is 2.40. The fourth-order valence-corrected chi connectivity index (χ4v) is 2.38. The molecule has 16 heavy (non-hydrogen) atoms. The van der Waals surface area contributed by atoms with Crippen LogP contribution in [0.15, 0.2) is 18.2 Å². The van der Waals surface area contributed by atoms with E-state index in [4.69, 9.17) is 4.43 Å². The molecule has 2 rings (SSSR count). The molecule has 0 aromatic heterocycles. The van der Waals surface area contributed by atoms with Crippen LogP contribution >= 0.6 is 0 Å². The molecule has 1 aromatic rings. The van der Waals surface area contributed by atoms with E-state index in [0.29, 0.717) is 17.0 Å². The first-order valence-electron chi connectivity index (χ1n) is 5.05. The second-order valence-electron chi connectivity index (χ2n) is 4.71. The van der Waals surface area contributed by atoms with Crippen molar-refractivity contribution in [1.29, 1.82) is 0 Å². The van der Waals surface area contributed by atoms with Crippen molar-refractivity contribution in [3.63, 3.8) is 0 Å². The van der Waals surface area contributed by atoms with Gasteiger partial charge in [-0.3, -0.25) is 9.59 Å². The molecule has 0 aliphatic carbocycles. The van der Waals surface area contributed by atoms with Crippen LogP contribution in [0, 0.1) is 0 Å². The van der Waals surface area contributed by atoms with E-state index in [-0.39, 0.29) is 0 Å². The summed E-state index contributed by atoms with van der Waals surface area (Å²) in [6.45, 7) is 6.22. The zero-order valence-electron chi connectivity index (χ0n) is 9.46. The first-order chi connectivity index (χ1) is 7.37. The molecule has 0 radical (unpaired) electrons. The number of benzene rings is 1. The Morgan fingerprint density at radius 3 is 2.50 bits per heavy atom. The minimum absolute atomic E-state index is 0.424. The van der Waals surface area contributed by atoms with Crippen molar-refractivity contribution in [3.8, 4) is 5.75 Å². The molecule has 0 unspecified atom stereocenters. The van der Waals surface area contributed by atoms with Crippen LogP contribution in [-0.4, -0.2) is 20.0 Å². The largest absolute Gasteiger partial charge is 0.544 e. The lowest BCUT2D eigenvalue weighted by atomic mass is 10.1. The molecule has 1 aliphatic rings. The van der Waals surface area contributed by atoms with Gasteiger partial charge in [0, 0.05) is 6.07 Å². The van der Waals surface area contributed by atoms with Crippen LogP contribution in [-0.2, 0) is 4.79 Å². The lowest BCUT2D eigenvalue weighted by Gasteiger charge is -2.19. The highest BCUT2D eigenvalue weighted by Gasteiger charge is 2.28. The second kappa shape index (κ2) is 3.45. The van der Waals surface area contributed by atoms with Gasteiger partial charge in [0.15, 0.2) is 0 Å². The molecule has 1 amide bonds. The Bertz CT molecular complexity index is 477. The molecule has 0 saturated heterocycles. The van der Waals surface area contributed by atoms with Crippen molar-refractivity contribution >= 4 is 25.7 Å². The summed E-state index contributed by atoms with van der Waals surface area (Å²) in [5.74, 6) is -0.345. The van der Waals surface area contributed by atoms with E-state index < -0.39 is 20.0 Å². The van der Waals surface area contributed by atoms with Gasteiger partial charge in [-0.15, -0.1) is 0 Å². The van der Waals surface area contributed by atoms with E-state index in [1.54, 1.807) is 18.2 Å². The van der Waals surface area contributed by atoms with Crippen LogP contribution in [0.1, 0.15) is 10.4 Å². The number of Topliss-reactive ketones (excluding diaryl/α,β-unsaturated/α-hetero) is 1. The van der Waals surface area contributed by atoms with E-state index in [2.05, 4.69) is 25.0 Å². The highest BCUT2D eigenvalue weighted by Crippen LogP contribution is 2.28. The molecule has 1 heterocycles. The number of ketones is 1. The van der Waals surface area contributed by atoms with E-state index in [1.165, 1.54) is 0 Å². The van der Waals surface area contributed by atoms with Gasteiger partial charge in [-0.1, -0.05) is 0 Å². The topological polar surface area (TPSA) is 55.4 Å². The molecule has 1 aromatic carbocycles. The molecule has 1 N–H and O–H groups in total. The Morgan fingerprint density at radius 1 is 1.19 bits per heavy atom. The van der Waals surface area contributed by atoms with Crippen LogP contribution in [0.3, 0.4) is 0 Å². The standard InChI is InChI=1S/C11H13NO3Si/c1-16(2,3)15-7-4-5-8-9(6-7)12-11(14)10(8)13/h4-6H,1-3H3,(H,12,13,14). The molecule has 1 aliphatic heterocycles. The molecule has 0 spiro atoms. The quantitative estimate of drug-likeness (QED) is 0.630. The first kappa shape index (κ1) is 10.9. The summed E-state index contributed by atoms with van der Waals surface area (Å²) >= 11 is 0. The highest BCUT2D eigenvalue weighted by molar-refractivity contribution is 6.70. The van der Waals surface area contributed by atoms with Gasteiger partial charge in [0.1, 0.15) is 5.75 Å². The number of fused-ring (bicyclic) bond motifs is 1. The second-order valence-corrected chi connectivity index (χ2v) is 9.13. The lowest BCUT2D eigenvalue weighted by Crippen LogP contribution is -2.29. The molecule has 0 fully saturated rings. The smallest absolute Gasteiger partial charge is 0.296 e. The maximum atomic E-state index is 11.3. The molecule has 5 heteroatoms. The van der Waals surface area contributed by atoms with E-state index in [0.717, 1.165) is 0 Å². The zero-order valence-corrected chi connectivity index (χ0v) is 10.5. The molecule has 4 nitrogen and oxygen atoms in total. The van der Waals surface area contributed by atoms with E-state index in [1.807, 2.05) is 0 Å². The van der Waals surface area contributed by atoms with Gasteiger partial charge < -0.3 is 9.74 Å². The third-order valence-corrected chi connectivity index (χ3v) is 2.96. The van der Waals surface area contributed by atoms with E-state index in [9.17, 15) is 9.59 Å². The van der Waals surface area contributed by atoms with Crippen LogP contribution in [0.4, 0.5) is 5.69 Å². The van der Waals surface area contributed by atoms with Crippen LogP contribution in [0.25, 0.3) is 0 Å². The average molecular weight is 235 g/mol. The van der Waals surface area contributed by atoms with Gasteiger partial charge in [-0.2, -0.15) is 0 Å². The van der Waals surface area contributed by atoms with Crippen molar-refractivity contribution in [2.24, 2.45) is 0 Å². The number of amides is 1. The number of rotatable bonds is 2. The third kappa shape index (κ3) is 1.99. The Hall–Kier alpha value is -1.62. The number of carbonyl (C=O) groups is 2. The fraction of sp³-hybridized carbons (Fsp3) is 0.273. The Morgan fingerprint density at radius 2 is 1.88 bits per heavy atom. The summed E-state index contributed by atoms with van der Waals surface area (Å²) < 4.78 is 5.77. The maximum Gasteiger partial charge on any atom is 0.296 e. The first-order valence-corrected chi connectivity index (χ1v) is 8.46. The summed E-state index contributed by atoms with van der Waals surface area (Å²) in [4.78, 5) is 22.5. The Labute approximate surface area is 94.7 Å². The summed E-state index contributed by atoms with van der Waals surface area (Å²) in [7, 11) is -1.66. The van der Waals surface area contributed by atoms with Gasteiger partial charge in [0.2, 0.25) is 8.32 Å². The van der Waals surface area contributed by atoms with Gasteiger partial charge in [0.05, 0.1) is 11.3 Å².